The van der Waals surface area contributed by atoms with Crippen LogP contribution in [0.4, 0.5) is 0 Å². The van der Waals surface area contributed by atoms with Crippen molar-refractivity contribution in [1.29, 1.82) is 0 Å². The topological polar surface area (TPSA) is 9.23 Å². The zero-order valence-corrected chi connectivity index (χ0v) is 8.63. The van der Waals surface area contributed by atoms with Crippen molar-refractivity contribution in [2.45, 2.75) is 42.6 Å². The average molecular weight is 254 g/mol. The SMILES string of the molecule is CCO[C@@H]1CCCC[C@H]1I. The molecule has 10 heavy (non-hydrogen) atoms. The quantitative estimate of drug-likeness (QED) is 0.544. The van der Waals surface area contributed by atoms with Crippen LogP contribution in [0.25, 0.3) is 0 Å². The average Bonchev–Trinajstić information content (AvgIpc) is 1.94. The van der Waals surface area contributed by atoms with Gasteiger partial charge < -0.3 is 4.74 Å². The lowest BCUT2D eigenvalue weighted by atomic mass is 9.98. The van der Waals surface area contributed by atoms with E-state index in [1.54, 1.807) is 0 Å². The highest BCUT2D eigenvalue weighted by Crippen LogP contribution is 2.26. The van der Waals surface area contributed by atoms with Crippen molar-refractivity contribution in [3.05, 3.63) is 0 Å². The molecule has 1 aliphatic carbocycles. The Hall–Kier alpha value is 0.690. The lowest BCUT2D eigenvalue weighted by Crippen LogP contribution is -2.27. The van der Waals surface area contributed by atoms with Crippen LogP contribution in [0.2, 0.25) is 0 Å². The highest BCUT2D eigenvalue weighted by Gasteiger charge is 2.22. The molecule has 1 fully saturated rings. The van der Waals surface area contributed by atoms with Crippen LogP contribution in [0, 0.1) is 0 Å². The maximum atomic E-state index is 5.59. The van der Waals surface area contributed by atoms with Gasteiger partial charge in [0.2, 0.25) is 0 Å². The summed E-state index contributed by atoms with van der Waals surface area (Å²) in [6, 6.07) is 0. The van der Waals surface area contributed by atoms with Gasteiger partial charge in [0, 0.05) is 10.5 Å². The highest BCUT2D eigenvalue weighted by atomic mass is 127. The third kappa shape index (κ3) is 2.38. The van der Waals surface area contributed by atoms with Crippen molar-refractivity contribution in [3.63, 3.8) is 0 Å². The van der Waals surface area contributed by atoms with Crippen molar-refractivity contribution in [3.8, 4) is 0 Å². The van der Waals surface area contributed by atoms with E-state index in [0.29, 0.717) is 6.10 Å². The molecule has 0 aromatic rings. The zero-order chi connectivity index (χ0) is 7.40. The van der Waals surface area contributed by atoms with Gasteiger partial charge in [0.25, 0.3) is 0 Å². The normalized spacial score (nSPS) is 34.2. The summed E-state index contributed by atoms with van der Waals surface area (Å²) in [5, 5.41) is 0. The largest absolute Gasteiger partial charge is 0.377 e. The predicted octanol–water partition coefficient (Wildman–Crippen LogP) is 2.77. The van der Waals surface area contributed by atoms with Gasteiger partial charge in [0.1, 0.15) is 0 Å². The number of halogens is 1. The number of hydrogen-bond donors (Lipinski definition) is 0. The summed E-state index contributed by atoms with van der Waals surface area (Å²) in [4.78, 5) is 0. The smallest absolute Gasteiger partial charge is 0.0692 e. The van der Waals surface area contributed by atoms with Crippen LogP contribution in [0.3, 0.4) is 0 Å². The standard InChI is InChI=1S/C8H15IO/c1-2-10-8-6-4-3-5-7(8)9/h7-8H,2-6H2,1H3/t7-,8-/m1/s1. The summed E-state index contributed by atoms with van der Waals surface area (Å²) in [7, 11) is 0. The van der Waals surface area contributed by atoms with Crippen LogP contribution >= 0.6 is 22.6 Å². The molecule has 0 saturated heterocycles. The van der Waals surface area contributed by atoms with Crippen LogP contribution in [0.1, 0.15) is 32.6 Å². The third-order valence-corrected chi connectivity index (χ3v) is 3.43. The summed E-state index contributed by atoms with van der Waals surface area (Å²) >= 11 is 2.52. The predicted molar refractivity (Wildman–Crippen MR) is 51.7 cm³/mol. The third-order valence-electron chi connectivity index (χ3n) is 2.00. The van der Waals surface area contributed by atoms with Gasteiger partial charge in [-0.3, -0.25) is 0 Å². The zero-order valence-electron chi connectivity index (χ0n) is 6.48. The monoisotopic (exact) mass is 254 g/mol. The van der Waals surface area contributed by atoms with Crippen molar-refractivity contribution in [1.82, 2.24) is 0 Å². The Morgan fingerprint density at radius 1 is 1.40 bits per heavy atom. The van der Waals surface area contributed by atoms with E-state index in [1.165, 1.54) is 25.7 Å². The first-order chi connectivity index (χ1) is 4.84. The van der Waals surface area contributed by atoms with Gasteiger partial charge in [-0.2, -0.15) is 0 Å². The van der Waals surface area contributed by atoms with Crippen molar-refractivity contribution >= 4 is 22.6 Å². The van der Waals surface area contributed by atoms with Gasteiger partial charge in [0.15, 0.2) is 0 Å². The molecule has 2 heteroatoms. The van der Waals surface area contributed by atoms with Gasteiger partial charge in [0.05, 0.1) is 6.10 Å². The number of rotatable bonds is 2. The molecule has 0 bridgehead atoms. The second-order valence-corrected chi connectivity index (χ2v) is 4.39. The fraction of sp³-hybridized carbons (Fsp3) is 1.00. The Kier molecular flexibility index (Phi) is 3.99. The van der Waals surface area contributed by atoms with E-state index in [9.17, 15) is 0 Å². The van der Waals surface area contributed by atoms with Crippen molar-refractivity contribution in [2.75, 3.05) is 6.61 Å². The molecule has 1 rings (SSSR count). The molecule has 0 spiro atoms. The van der Waals surface area contributed by atoms with Gasteiger partial charge in [-0.15, -0.1) is 0 Å². The molecule has 0 amide bonds. The van der Waals surface area contributed by atoms with Crippen LogP contribution in [-0.2, 0) is 4.74 Å². The van der Waals surface area contributed by atoms with E-state index in [2.05, 4.69) is 29.5 Å². The number of ether oxygens (including phenoxy) is 1. The Morgan fingerprint density at radius 3 is 2.70 bits per heavy atom. The molecule has 1 aliphatic rings. The second kappa shape index (κ2) is 4.54. The number of alkyl halides is 1. The molecule has 0 heterocycles. The fourth-order valence-electron chi connectivity index (χ4n) is 1.45. The molecular formula is C8H15IO. The van der Waals surface area contributed by atoms with Gasteiger partial charge >= 0.3 is 0 Å². The minimum absolute atomic E-state index is 0.555. The summed E-state index contributed by atoms with van der Waals surface area (Å²) in [6.07, 6.45) is 5.95. The summed E-state index contributed by atoms with van der Waals surface area (Å²) < 4.78 is 6.36. The maximum absolute atomic E-state index is 5.59. The molecule has 0 aromatic carbocycles. The summed E-state index contributed by atoms with van der Waals surface area (Å²) in [6.45, 7) is 2.96. The maximum Gasteiger partial charge on any atom is 0.0692 e. The first-order valence-electron chi connectivity index (χ1n) is 4.10. The summed E-state index contributed by atoms with van der Waals surface area (Å²) in [5.41, 5.74) is 0. The highest BCUT2D eigenvalue weighted by molar-refractivity contribution is 14.1. The van der Waals surface area contributed by atoms with Crippen LogP contribution < -0.4 is 0 Å². The minimum atomic E-state index is 0.555. The van der Waals surface area contributed by atoms with Crippen LogP contribution in [-0.4, -0.2) is 16.6 Å². The van der Waals surface area contributed by atoms with Crippen molar-refractivity contribution in [2.24, 2.45) is 0 Å². The lowest BCUT2D eigenvalue weighted by molar-refractivity contribution is 0.0450. The molecule has 0 aliphatic heterocycles. The lowest BCUT2D eigenvalue weighted by Gasteiger charge is -2.26. The van der Waals surface area contributed by atoms with E-state index in [4.69, 9.17) is 4.74 Å². The van der Waals surface area contributed by atoms with E-state index in [0.717, 1.165) is 10.5 Å². The molecule has 60 valence electrons. The fourth-order valence-corrected chi connectivity index (χ4v) is 2.46. The van der Waals surface area contributed by atoms with Gasteiger partial charge in [-0.25, -0.2) is 0 Å². The Bertz CT molecular complexity index is 93.3. The number of hydrogen-bond acceptors (Lipinski definition) is 1. The Morgan fingerprint density at radius 2 is 2.10 bits per heavy atom. The summed E-state index contributed by atoms with van der Waals surface area (Å²) in [5.74, 6) is 0. The van der Waals surface area contributed by atoms with Gasteiger partial charge in [-0.05, 0) is 19.8 Å². The Labute approximate surface area is 76.7 Å². The molecule has 1 nitrogen and oxygen atoms in total. The van der Waals surface area contributed by atoms with E-state index < -0.39 is 0 Å². The molecule has 0 unspecified atom stereocenters. The van der Waals surface area contributed by atoms with E-state index in [-0.39, 0.29) is 0 Å². The first kappa shape index (κ1) is 8.78. The minimum Gasteiger partial charge on any atom is -0.377 e. The molecule has 0 radical (unpaired) electrons. The van der Waals surface area contributed by atoms with Gasteiger partial charge in [-0.1, -0.05) is 35.4 Å². The van der Waals surface area contributed by atoms with E-state index in [1.807, 2.05) is 0 Å². The molecule has 0 aromatic heterocycles. The molecule has 0 N–H and O–H groups in total. The molecule has 2 atom stereocenters. The van der Waals surface area contributed by atoms with Crippen molar-refractivity contribution < 1.29 is 4.74 Å². The first-order valence-corrected chi connectivity index (χ1v) is 5.35. The van der Waals surface area contributed by atoms with Crippen LogP contribution in [0.5, 0.6) is 0 Å². The second-order valence-electron chi connectivity index (χ2n) is 2.79. The van der Waals surface area contributed by atoms with Crippen LogP contribution in [0.15, 0.2) is 0 Å². The molecule has 1 saturated carbocycles. The molecular weight excluding hydrogens is 239 g/mol. The Balaban J connectivity index is 2.25. The van der Waals surface area contributed by atoms with E-state index >= 15 is 0 Å².